The Balaban J connectivity index is 1.84. The molecule has 1 aliphatic carbocycles. The summed E-state index contributed by atoms with van der Waals surface area (Å²) < 4.78 is 0. The highest BCUT2D eigenvalue weighted by Gasteiger charge is 2.30. The first kappa shape index (κ1) is 16.8. The molecule has 0 radical (unpaired) electrons. The van der Waals surface area contributed by atoms with Crippen LogP contribution in [0.5, 0.6) is 0 Å². The number of hydrogen-bond acceptors (Lipinski definition) is 2. The maximum atomic E-state index is 12.4. The van der Waals surface area contributed by atoms with Crippen molar-refractivity contribution in [3.8, 4) is 0 Å². The van der Waals surface area contributed by atoms with Crippen LogP contribution >= 0.6 is 11.6 Å². The fourth-order valence-electron chi connectivity index (χ4n) is 3.00. The summed E-state index contributed by atoms with van der Waals surface area (Å²) in [6.07, 6.45) is 5.04. The summed E-state index contributed by atoms with van der Waals surface area (Å²) >= 11 is 5.85. The highest BCUT2D eigenvalue weighted by molar-refractivity contribution is 6.30. The second kappa shape index (κ2) is 8.18. The molecule has 2 amide bonds. The van der Waals surface area contributed by atoms with Crippen molar-refractivity contribution in [2.75, 3.05) is 6.54 Å². The summed E-state index contributed by atoms with van der Waals surface area (Å²) in [5, 5.41) is 6.46. The van der Waals surface area contributed by atoms with Gasteiger partial charge in [0.25, 0.3) is 0 Å². The minimum Gasteiger partial charge on any atom is -0.354 e. The molecule has 2 N–H and O–H groups in total. The maximum Gasteiger partial charge on any atom is 0.242 e. The van der Waals surface area contributed by atoms with Crippen LogP contribution in [0.25, 0.3) is 0 Å². The monoisotopic (exact) mass is 322 g/mol. The molecule has 22 heavy (non-hydrogen) atoms. The predicted molar refractivity (Wildman–Crippen MR) is 87.7 cm³/mol. The fraction of sp³-hybridized carbons (Fsp3) is 0.529. The lowest BCUT2D eigenvalue weighted by atomic mass is 9.97. The molecule has 5 heteroatoms. The van der Waals surface area contributed by atoms with Crippen LogP contribution in [0.15, 0.2) is 24.3 Å². The quantitative estimate of drug-likeness (QED) is 0.846. The predicted octanol–water partition coefficient (Wildman–Crippen LogP) is 2.69. The van der Waals surface area contributed by atoms with E-state index < -0.39 is 6.04 Å². The summed E-state index contributed by atoms with van der Waals surface area (Å²) in [6, 6.07) is 7.20. The standard InChI is InChI=1S/C17H23ClN2O2/c1-12(21)20-16(14-4-2-3-5-14)17(22)19-11-10-13-6-8-15(18)9-7-13/h6-9,14,16H,2-5,10-11H2,1H3,(H,19,22)(H,20,21)/t16-/m0/s1. The number of amides is 2. The fourth-order valence-corrected chi connectivity index (χ4v) is 3.12. The third-order valence-corrected chi connectivity index (χ3v) is 4.39. The Morgan fingerprint density at radius 2 is 1.86 bits per heavy atom. The molecular formula is C17H23ClN2O2. The SMILES string of the molecule is CC(=O)N[C@H](C(=O)NCCc1ccc(Cl)cc1)C1CCCC1. The van der Waals surface area contributed by atoms with Gasteiger partial charge in [-0.3, -0.25) is 9.59 Å². The van der Waals surface area contributed by atoms with Crippen molar-refractivity contribution < 1.29 is 9.59 Å². The third kappa shape index (κ3) is 5.02. The first-order chi connectivity index (χ1) is 10.6. The van der Waals surface area contributed by atoms with Gasteiger partial charge in [0.05, 0.1) is 0 Å². The summed E-state index contributed by atoms with van der Waals surface area (Å²) in [5.41, 5.74) is 1.13. The zero-order valence-electron chi connectivity index (χ0n) is 12.9. The molecule has 1 saturated carbocycles. The number of benzene rings is 1. The van der Waals surface area contributed by atoms with E-state index in [0.29, 0.717) is 11.6 Å². The van der Waals surface area contributed by atoms with Gasteiger partial charge in [0.15, 0.2) is 0 Å². The van der Waals surface area contributed by atoms with Crippen molar-refractivity contribution >= 4 is 23.4 Å². The van der Waals surface area contributed by atoms with E-state index >= 15 is 0 Å². The molecule has 2 rings (SSSR count). The number of carbonyl (C=O) groups is 2. The molecular weight excluding hydrogens is 300 g/mol. The molecule has 0 heterocycles. The smallest absolute Gasteiger partial charge is 0.242 e. The third-order valence-electron chi connectivity index (χ3n) is 4.14. The van der Waals surface area contributed by atoms with E-state index in [1.807, 2.05) is 24.3 Å². The van der Waals surface area contributed by atoms with Crippen LogP contribution in [0, 0.1) is 5.92 Å². The van der Waals surface area contributed by atoms with E-state index in [0.717, 1.165) is 37.7 Å². The van der Waals surface area contributed by atoms with Crippen LogP contribution in [-0.2, 0) is 16.0 Å². The van der Waals surface area contributed by atoms with Crippen molar-refractivity contribution in [1.82, 2.24) is 10.6 Å². The van der Waals surface area contributed by atoms with Crippen LogP contribution in [-0.4, -0.2) is 24.4 Å². The second-order valence-corrected chi connectivity index (χ2v) is 6.33. The van der Waals surface area contributed by atoms with Gasteiger partial charge in [-0.05, 0) is 42.9 Å². The molecule has 1 aromatic carbocycles. The van der Waals surface area contributed by atoms with Gasteiger partial charge in [0.1, 0.15) is 6.04 Å². The minimum absolute atomic E-state index is 0.0731. The zero-order valence-corrected chi connectivity index (χ0v) is 13.7. The van der Waals surface area contributed by atoms with Gasteiger partial charge < -0.3 is 10.6 Å². The van der Waals surface area contributed by atoms with Crippen molar-refractivity contribution in [2.24, 2.45) is 5.92 Å². The Labute approximate surface area is 136 Å². The Bertz CT molecular complexity index is 510. The lowest BCUT2D eigenvalue weighted by Gasteiger charge is -2.23. The first-order valence-electron chi connectivity index (χ1n) is 7.85. The van der Waals surface area contributed by atoms with Crippen molar-refractivity contribution in [3.05, 3.63) is 34.9 Å². The number of nitrogens with one attached hydrogen (secondary N) is 2. The lowest BCUT2D eigenvalue weighted by molar-refractivity contribution is -0.129. The first-order valence-corrected chi connectivity index (χ1v) is 8.23. The van der Waals surface area contributed by atoms with E-state index in [1.165, 1.54) is 6.92 Å². The highest BCUT2D eigenvalue weighted by Crippen LogP contribution is 2.27. The average molecular weight is 323 g/mol. The largest absolute Gasteiger partial charge is 0.354 e. The van der Waals surface area contributed by atoms with Crippen molar-refractivity contribution in [2.45, 2.75) is 45.1 Å². The molecule has 0 aliphatic heterocycles. The summed E-state index contributed by atoms with van der Waals surface area (Å²) in [7, 11) is 0. The van der Waals surface area contributed by atoms with Gasteiger partial charge in [-0.2, -0.15) is 0 Å². The topological polar surface area (TPSA) is 58.2 Å². The minimum atomic E-state index is -0.398. The van der Waals surface area contributed by atoms with Crippen LogP contribution in [0.3, 0.4) is 0 Å². The highest BCUT2D eigenvalue weighted by atomic mass is 35.5. The van der Waals surface area contributed by atoms with E-state index in [9.17, 15) is 9.59 Å². The molecule has 0 spiro atoms. The molecule has 0 bridgehead atoms. The summed E-state index contributed by atoms with van der Waals surface area (Å²) in [4.78, 5) is 23.7. The van der Waals surface area contributed by atoms with Crippen LogP contribution in [0.1, 0.15) is 38.2 Å². The van der Waals surface area contributed by atoms with Gasteiger partial charge in [0.2, 0.25) is 11.8 Å². The van der Waals surface area contributed by atoms with Crippen LogP contribution in [0.2, 0.25) is 5.02 Å². The van der Waals surface area contributed by atoms with E-state index in [2.05, 4.69) is 10.6 Å². The van der Waals surface area contributed by atoms with Crippen LogP contribution < -0.4 is 10.6 Å². The van der Waals surface area contributed by atoms with Crippen molar-refractivity contribution in [3.63, 3.8) is 0 Å². The summed E-state index contributed by atoms with van der Waals surface area (Å²) in [5.74, 6) is 0.0419. The molecule has 1 aliphatic rings. The van der Waals surface area contributed by atoms with Gasteiger partial charge in [-0.1, -0.05) is 36.6 Å². The van der Waals surface area contributed by atoms with Gasteiger partial charge in [-0.25, -0.2) is 0 Å². The second-order valence-electron chi connectivity index (χ2n) is 5.89. The van der Waals surface area contributed by atoms with E-state index in [1.54, 1.807) is 0 Å². The maximum absolute atomic E-state index is 12.4. The lowest BCUT2D eigenvalue weighted by Crippen LogP contribution is -2.50. The Hall–Kier alpha value is -1.55. The molecule has 120 valence electrons. The van der Waals surface area contributed by atoms with Gasteiger partial charge in [0, 0.05) is 18.5 Å². The van der Waals surface area contributed by atoms with E-state index in [-0.39, 0.29) is 17.7 Å². The number of hydrogen-bond donors (Lipinski definition) is 2. The Morgan fingerprint density at radius 3 is 2.45 bits per heavy atom. The zero-order chi connectivity index (χ0) is 15.9. The molecule has 1 fully saturated rings. The Kier molecular flexibility index (Phi) is 6.25. The van der Waals surface area contributed by atoms with Gasteiger partial charge >= 0.3 is 0 Å². The average Bonchev–Trinajstić information content (AvgIpc) is 3.00. The van der Waals surface area contributed by atoms with E-state index in [4.69, 9.17) is 11.6 Å². The number of halogens is 1. The number of rotatable bonds is 6. The molecule has 1 atom stereocenters. The normalized spacial score (nSPS) is 16.3. The molecule has 0 saturated heterocycles. The Morgan fingerprint density at radius 1 is 1.23 bits per heavy atom. The molecule has 0 aromatic heterocycles. The van der Waals surface area contributed by atoms with Crippen LogP contribution in [0.4, 0.5) is 0 Å². The van der Waals surface area contributed by atoms with Crippen molar-refractivity contribution in [1.29, 1.82) is 0 Å². The molecule has 0 unspecified atom stereocenters. The van der Waals surface area contributed by atoms with Gasteiger partial charge in [-0.15, -0.1) is 0 Å². The molecule has 1 aromatic rings. The summed E-state index contributed by atoms with van der Waals surface area (Å²) in [6.45, 7) is 2.02. The number of carbonyl (C=O) groups excluding carboxylic acids is 2. The molecule has 4 nitrogen and oxygen atoms in total.